The average Bonchev–Trinajstić information content (AvgIpc) is 3.59. The number of carbonyl (C=O) groups is 2. The van der Waals surface area contributed by atoms with Gasteiger partial charge in [-0.25, -0.2) is 4.79 Å². The molecule has 0 spiro atoms. The second-order valence-electron chi connectivity index (χ2n) is 14.5. The van der Waals surface area contributed by atoms with E-state index in [1.54, 1.807) is 0 Å². The monoisotopic (exact) mass is 622 g/mol. The number of rotatable bonds is 11. The molecule has 2 aromatic carbocycles. The second-order valence-corrected chi connectivity index (χ2v) is 14.5. The summed E-state index contributed by atoms with van der Waals surface area (Å²) < 4.78 is 17.8. The van der Waals surface area contributed by atoms with Gasteiger partial charge in [0, 0.05) is 34.9 Å². The van der Waals surface area contributed by atoms with E-state index < -0.39 is 11.5 Å². The summed E-state index contributed by atoms with van der Waals surface area (Å²) >= 11 is 0. The number of aryl methyl sites for hydroxylation is 1. The minimum Gasteiger partial charge on any atom is -0.461 e. The van der Waals surface area contributed by atoms with Crippen molar-refractivity contribution in [2.75, 3.05) is 6.61 Å². The molecule has 1 atom stereocenters. The Morgan fingerprint density at radius 3 is 2.33 bits per heavy atom. The van der Waals surface area contributed by atoms with Crippen LogP contribution < -0.4 is 0 Å². The highest BCUT2D eigenvalue weighted by Gasteiger charge is 2.43. The lowest BCUT2D eigenvalue weighted by atomic mass is 9.71. The average molecular weight is 623 g/mol. The summed E-state index contributed by atoms with van der Waals surface area (Å²) in [5, 5.41) is 0.978. The summed E-state index contributed by atoms with van der Waals surface area (Å²) in [6.07, 6.45) is 10.4. The number of allylic oxidation sites excluding steroid dienone is 1. The molecular weight excluding hydrogens is 572 g/mol. The first kappa shape index (κ1) is 33.6. The predicted octanol–water partition coefficient (Wildman–Crippen LogP) is 9.52. The van der Waals surface area contributed by atoms with Gasteiger partial charge in [0.1, 0.15) is 24.1 Å². The Kier molecular flexibility index (Phi) is 11.1. The zero-order valence-corrected chi connectivity index (χ0v) is 28.3. The first-order chi connectivity index (χ1) is 22.1. The van der Waals surface area contributed by atoms with Gasteiger partial charge in [0.2, 0.25) is 0 Å². The Balaban J connectivity index is 1.22. The van der Waals surface area contributed by atoms with Crippen molar-refractivity contribution in [1.82, 2.24) is 0 Å². The van der Waals surface area contributed by atoms with Gasteiger partial charge in [-0.1, -0.05) is 82.6 Å². The van der Waals surface area contributed by atoms with Gasteiger partial charge < -0.3 is 13.9 Å². The number of fused-ring (bicyclic) bond motifs is 1. The zero-order chi connectivity index (χ0) is 32.7. The summed E-state index contributed by atoms with van der Waals surface area (Å²) in [5.74, 6) is 8.60. The fourth-order valence-electron chi connectivity index (χ4n) is 7.17. The molecule has 1 saturated heterocycles. The molecule has 0 amide bonds. The maximum absolute atomic E-state index is 13.7. The van der Waals surface area contributed by atoms with Crippen LogP contribution in [0.5, 0.6) is 0 Å². The van der Waals surface area contributed by atoms with E-state index in [0.29, 0.717) is 30.6 Å². The van der Waals surface area contributed by atoms with Crippen molar-refractivity contribution in [2.45, 2.75) is 105 Å². The summed E-state index contributed by atoms with van der Waals surface area (Å²) in [6.45, 7) is 11.2. The molecule has 5 nitrogen and oxygen atoms in total. The van der Waals surface area contributed by atoms with Crippen molar-refractivity contribution in [3.8, 4) is 11.8 Å². The van der Waals surface area contributed by atoms with E-state index in [9.17, 15) is 9.59 Å². The highest BCUT2D eigenvalue weighted by molar-refractivity contribution is 5.90. The minimum atomic E-state index is -0.637. The lowest BCUT2D eigenvalue weighted by Gasteiger charge is -2.34. The maximum Gasteiger partial charge on any atom is 0.334 e. The van der Waals surface area contributed by atoms with Gasteiger partial charge in [0.25, 0.3) is 0 Å². The summed E-state index contributed by atoms with van der Waals surface area (Å²) in [7, 11) is 0. The van der Waals surface area contributed by atoms with E-state index in [4.69, 9.17) is 13.9 Å². The van der Waals surface area contributed by atoms with Crippen molar-refractivity contribution in [3.05, 3.63) is 82.6 Å². The first-order valence-corrected chi connectivity index (χ1v) is 17.3. The molecule has 1 aromatic heterocycles. The number of benzene rings is 2. The highest BCUT2D eigenvalue weighted by atomic mass is 16.6. The van der Waals surface area contributed by atoms with Crippen LogP contribution in [0, 0.1) is 41.9 Å². The van der Waals surface area contributed by atoms with Crippen molar-refractivity contribution < 1.29 is 23.5 Å². The third-order valence-electron chi connectivity index (χ3n) is 9.42. The van der Waals surface area contributed by atoms with E-state index in [1.807, 2.05) is 36.4 Å². The van der Waals surface area contributed by atoms with Crippen LogP contribution >= 0.6 is 0 Å². The Labute approximate surface area is 275 Å². The standard InChI is InChI=1S/C41H50O5/c1-28(2)21-33(22-29(3)4)15-17-34-24-37(46-39(34)42)27-44-40(43)41(19-7-6-8-20-41)26-36-25-35-23-32(16-18-38(35)45-36)14-13-31-11-9-30(5)10-12-31/h9-12,16-18,23,25,28-29,33,37H,6-8,15,19-22,24,26-27H2,1-5H3/b34-17+. The molecule has 3 aromatic rings. The Morgan fingerprint density at radius 1 is 0.957 bits per heavy atom. The van der Waals surface area contributed by atoms with Crippen LogP contribution in [0.4, 0.5) is 0 Å². The number of carbonyl (C=O) groups excluding carboxylic acids is 2. The van der Waals surface area contributed by atoms with Gasteiger partial charge in [-0.3, -0.25) is 4.79 Å². The van der Waals surface area contributed by atoms with E-state index in [0.717, 1.165) is 84.8 Å². The molecule has 0 N–H and O–H groups in total. The van der Waals surface area contributed by atoms with Crippen molar-refractivity contribution >= 4 is 22.9 Å². The van der Waals surface area contributed by atoms with E-state index >= 15 is 0 Å². The third kappa shape index (κ3) is 8.93. The summed E-state index contributed by atoms with van der Waals surface area (Å²) in [6, 6.07) is 16.2. The number of hydrogen-bond donors (Lipinski definition) is 0. The van der Waals surface area contributed by atoms with Crippen LogP contribution in [0.25, 0.3) is 11.0 Å². The predicted molar refractivity (Wildman–Crippen MR) is 183 cm³/mol. The molecule has 2 fully saturated rings. The molecule has 2 aliphatic rings. The van der Waals surface area contributed by atoms with Crippen molar-refractivity contribution in [1.29, 1.82) is 0 Å². The molecule has 5 heteroatoms. The number of hydrogen-bond acceptors (Lipinski definition) is 5. The van der Waals surface area contributed by atoms with Gasteiger partial charge in [-0.05, 0) is 93.2 Å². The smallest absolute Gasteiger partial charge is 0.334 e. The van der Waals surface area contributed by atoms with Gasteiger partial charge in [0.15, 0.2) is 0 Å². The van der Waals surface area contributed by atoms with E-state index in [-0.39, 0.29) is 18.5 Å². The summed E-state index contributed by atoms with van der Waals surface area (Å²) in [4.78, 5) is 26.4. The molecule has 0 radical (unpaired) electrons. The van der Waals surface area contributed by atoms with Gasteiger partial charge in [-0.15, -0.1) is 0 Å². The number of furan rings is 1. The minimum absolute atomic E-state index is 0.0915. The van der Waals surface area contributed by atoms with Gasteiger partial charge in [-0.2, -0.15) is 0 Å². The Hall–Kier alpha value is -3.78. The molecular formula is C41H50O5. The lowest BCUT2D eigenvalue weighted by Crippen LogP contribution is -2.38. The van der Waals surface area contributed by atoms with Crippen LogP contribution in [0.3, 0.4) is 0 Å². The molecule has 2 heterocycles. The Morgan fingerprint density at radius 2 is 1.63 bits per heavy atom. The molecule has 5 rings (SSSR count). The third-order valence-corrected chi connectivity index (χ3v) is 9.42. The first-order valence-electron chi connectivity index (χ1n) is 17.3. The molecule has 0 bridgehead atoms. The molecule has 244 valence electrons. The number of esters is 2. The lowest BCUT2D eigenvalue weighted by molar-refractivity contribution is -0.164. The van der Waals surface area contributed by atoms with Crippen LogP contribution in [-0.4, -0.2) is 24.6 Å². The highest BCUT2D eigenvalue weighted by Crippen LogP contribution is 2.41. The molecule has 1 aliphatic heterocycles. The fourth-order valence-corrected chi connectivity index (χ4v) is 7.17. The van der Waals surface area contributed by atoms with Crippen LogP contribution in [0.2, 0.25) is 0 Å². The quantitative estimate of drug-likeness (QED) is 0.121. The molecule has 46 heavy (non-hydrogen) atoms. The largest absolute Gasteiger partial charge is 0.461 e. The van der Waals surface area contributed by atoms with Crippen molar-refractivity contribution in [2.24, 2.45) is 23.2 Å². The SMILES string of the molecule is Cc1ccc(C#Cc2ccc3oc(CC4(C(=O)OCC5C/C(=C\CC(CC(C)C)CC(C)C)C(=O)O5)CCCCC4)cc3c2)cc1. The van der Waals surface area contributed by atoms with Crippen molar-refractivity contribution in [3.63, 3.8) is 0 Å². The topological polar surface area (TPSA) is 65.7 Å². The van der Waals surface area contributed by atoms with E-state index in [2.05, 4.69) is 64.7 Å². The maximum atomic E-state index is 13.7. The molecule has 1 saturated carbocycles. The van der Waals surface area contributed by atoms with Crippen LogP contribution in [0.15, 0.2) is 64.6 Å². The van der Waals surface area contributed by atoms with Crippen LogP contribution in [0.1, 0.15) is 108 Å². The fraction of sp³-hybridized carbons (Fsp3) is 0.512. The van der Waals surface area contributed by atoms with Gasteiger partial charge in [0.05, 0.1) is 5.41 Å². The normalized spacial score (nSPS) is 18.7. The Bertz CT molecular complexity index is 1580. The van der Waals surface area contributed by atoms with Crippen LogP contribution in [-0.2, 0) is 25.5 Å². The molecule has 1 unspecified atom stereocenters. The number of cyclic esters (lactones) is 1. The molecule has 1 aliphatic carbocycles. The van der Waals surface area contributed by atoms with E-state index in [1.165, 1.54) is 5.56 Å². The summed E-state index contributed by atoms with van der Waals surface area (Å²) in [5.41, 5.74) is 3.98. The zero-order valence-electron chi connectivity index (χ0n) is 28.3. The number of ether oxygens (including phenoxy) is 2. The van der Waals surface area contributed by atoms with Gasteiger partial charge >= 0.3 is 11.9 Å². The second kappa shape index (κ2) is 15.2.